The molecule has 0 aliphatic rings. The number of rotatable bonds is 8. The maximum absolute atomic E-state index is 13.0. The highest BCUT2D eigenvalue weighted by Gasteiger charge is 2.40. The molecule has 0 spiro atoms. The van der Waals surface area contributed by atoms with Gasteiger partial charge < -0.3 is 10.6 Å². The van der Waals surface area contributed by atoms with Crippen LogP contribution < -0.4 is 10.6 Å². The summed E-state index contributed by atoms with van der Waals surface area (Å²) in [7, 11) is 0. The van der Waals surface area contributed by atoms with E-state index >= 15 is 0 Å². The van der Waals surface area contributed by atoms with Crippen molar-refractivity contribution in [3.8, 4) is 0 Å². The molecule has 21 heavy (non-hydrogen) atoms. The van der Waals surface area contributed by atoms with Gasteiger partial charge in [-0.2, -0.15) is 8.78 Å². The monoisotopic (exact) mass is 308 g/mol. The second-order valence-corrected chi connectivity index (χ2v) is 4.66. The maximum Gasteiger partial charge on any atom is 0.324 e. The third-order valence-corrected chi connectivity index (χ3v) is 2.82. The summed E-state index contributed by atoms with van der Waals surface area (Å²) < 4.78 is 50.3. The van der Waals surface area contributed by atoms with E-state index in [1.165, 1.54) is 0 Å². The number of halogens is 4. The van der Waals surface area contributed by atoms with Gasteiger partial charge in [-0.1, -0.05) is 6.92 Å². The predicted octanol–water partition coefficient (Wildman–Crippen LogP) is 3.48. The van der Waals surface area contributed by atoms with E-state index in [1.54, 1.807) is 6.92 Å². The minimum Gasteiger partial charge on any atom is -0.370 e. The third kappa shape index (κ3) is 4.71. The van der Waals surface area contributed by atoms with Gasteiger partial charge in [0.05, 0.1) is 6.54 Å². The molecule has 0 saturated heterocycles. The van der Waals surface area contributed by atoms with E-state index in [0.29, 0.717) is 30.2 Å². The van der Waals surface area contributed by atoms with E-state index in [2.05, 4.69) is 20.6 Å². The summed E-state index contributed by atoms with van der Waals surface area (Å²) in [5, 5.41) is 5.32. The Morgan fingerprint density at radius 2 is 1.67 bits per heavy atom. The zero-order valence-corrected chi connectivity index (χ0v) is 12.3. The van der Waals surface area contributed by atoms with E-state index in [4.69, 9.17) is 0 Å². The summed E-state index contributed by atoms with van der Waals surface area (Å²) in [6, 6.07) is 0. The summed E-state index contributed by atoms with van der Waals surface area (Å²) in [6.07, 6.45) is -2.34. The molecule has 0 aromatic carbocycles. The van der Waals surface area contributed by atoms with Gasteiger partial charge in [0.2, 0.25) is 0 Å². The molecular weight excluding hydrogens is 288 g/mol. The molecule has 0 saturated carbocycles. The Balaban J connectivity index is 2.99. The lowest BCUT2D eigenvalue weighted by atomic mass is 10.2. The molecule has 4 nitrogen and oxygen atoms in total. The molecule has 0 unspecified atom stereocenters. The van der Waals surface area contributed by atoms with E-state index in [-0.39, 0.29) is 5.82 Å². The molecule has 2 N–H and O–H groups in total. The number of anilines is 2. The van der Waals surface area contributed by atoms with Crippen molar-refractivity contribution < 1.29 is 17.6 Å². The molecule has 0 atom stereocenters. The number of aryl methyl sites for hydroxylation is 1. The molecule has 1 aromatic heterocycles. The van der Waals surface area contributed by atoms with E-state index < -0.39 is 18.9 Å². The van der Waals surface area contributed by atoms with Gasteiger partial charge in [0.15, 0.2) is 0 Å². The first kappa shape index (κ1) is 17.5. The summed E-state index contributed by atoms with van der Waals surface area (Å²) >= 11 is 0. The van der Waals surface area contributed by atoms with Crippen molar-refractivity contribution in [2.75, 3.05) is 23.7 Å². The highest BCUT2D eigenvalue weighted by Crippen LogP contribution is 2.25. The van der Waals surface area contributed by atoms with Crippen LogP contribution in [-0.2, 0) is 6.42 Å². The van der Waals surface area contributed by atoms with Gasteiger partial charge in [0.1, 0.15) is 17.5 Å². The van der Waals surface area contributed by atoms with Gasteiger partial charge in [-0.25, -0.2) is 18.7 Å². The highest BCUT2D eigenvalue weighted by atomic mass is 19.3. The Morgan fingerprint density at radius 3 is 2.14 bits per heavy atom. The second-order valence-electron chi connectivity index (χ2n) is 4.66. The average molecular weight is 308 g/mol. The Bertz CT molecular complexity index is 466. The minimum atomic E-state index is -4.10. The van der Waals surface area contributed by atoms with Crippen LogP contribution in [0.3, 0.4) is 0 Å². The summed E-state index contributed by atoms with van der Waals surface area (Å²) in [5.74, 6) is -2.92. The predicted molar refractivity (Wildman–Crippen MR) is 74.4 cm³/mol. The molecular formula is C13H20F4N4. The van der Waals surface area contributed by atoms with Crippen molar-refractivity contribution in [1.29, 1.82) is 0 Å². The lowest BCUT2D eigenvalue weighted by molar-refractivity contribution is -0.117. The first-order chi connectivity index (χ1) is 9.81. The second kappa shape index (κ2) is 7.42. The molecule has 8 heteroatoms. The Labute approximate surface area is 121 Å². The maximum atomic E-state index is 13.0. The van der Waals surface area contributed by atoms with Crippen molar-refractivity contribution in [3.63, 3.8) is 0 Å². The van der Waals surface area contributed by atoms with Gasteiger partial charge in [0.25, 0.3) is 0 Å². The van der Waals surface area contributed by atoms with E-state index in [9.17, 15) is 17.6 Å². The Kier molecular flexibility index (Phi) is 6.17. The average Bonchev–Trinajstić information content (AvgIpc) is 2.41. The number of hydrogen-bond acceptors (Lipinski definition) is 4. The molecule has 1 heterocycles. The first-order valence-corrected chi connectivity index (χ1v) is 6.83. The van der Waals surface area contributed by atoms with Crippen LogP contribution in [0.25, 0.3) is 0 Å². The lowest BCUT2D eigenvalue weighted by Crippen LogP contribution is -2.35. The molecule has 1 aromatic rings. The Morgan fingerprint density at radius 1 is 1.10 bits per heavy atom. The molecule has 0 fully saturated rings. The Hall–Kier alpha value is -1.60. The van der Waals surface area contributed by atoms with Crippen LogP contribution in [0.4, 0.5) is 29.2 Å². The van der Waals surface area contributed by atoms with Crippen LogP contribution in [-0.4, -0.2) is 35.4 Å². The zero-order chi connectivity index (χ0) is 16.0. The number of aromatic nitrogens is 2. The summed E-state index contributed by atoms with van der Waals surface area (Å²) in [4.78, 5) is 8.42. The zero-order valence-electron chi connectivity index (χ0n) is 12.3. The molecule has 0 amide bonds. The van der Waals surface area contributed by atoms with Crippen LogP contribution in [0.5, 0.6) is 0 Å². The van der Waals surface area contributed by atoms with E-state index in [0.717, 1.165) is 6.42 Å². The number of alkyl halides is 4. The summed E-state index contributed by atoms with van der Waals surface area (Å²) in [6.45, 7) is 4.90. The van der Waals surface area contributed by atoms with Crippen molar-refractivity contribution >= 4 is 11.6 Å². The molecule has 1 rings (SSSR count). The molecule has 0 radical (unpaired) electrons. The molecule has 0 bridgehead atoms. The lowest BCUT2D eigenvalue weighted by Gasteiger charge is -2.18. The molecule has 0 aliphatic heterocycles. The van der Waals surface area contributed by atoms with Crippen molar-refractivity contribution in [2.45, 2.75) is 46.0 Å². The third-order valence-electron chi connectivity index (χ3n) is 2.82. The van der Waals surface area contributed by atoms with Crippen LogP contribution in [0.1, 0.15) is 31.7 Å². The smallest absolute Gasteiger partial charge is 0.324 e. The quantitative estimate of drug-likeness (QED) is 0.722. The van der Waals surface area contributed by atoms with Crippen LogP contribution in [0.2, 0.25) is 0 Å². The normalized spacial score (nSPS) is 11.8. The topological polar surface area (TPSA) is 49.8 Å². The summed E-state index contributed by atoms with van der Waals surface area (Å²) in [5.41, 5.74) is 0.529. The van der Waals surface area contributed by atoms with Gasteiger partial charge in [0, 0.05) is 18.5 Å². The fraction of sp³-hybridized carbons (Fsp3) is 0.692. The SMILES string of the molecule is CCCc1nc(NCC)c(C)c(NCC(F)(F)C(F)F)n1. The number of nitrogens with one attached hydrogen (secondary N) is 2. The van der Waals surface area contributed by atoms with Crippen LogP contribution in [0, 0.1) is 6.92 Å². The fourth-order valence-corrected chi connectivity index (χ4v) is 1.69. The van der Waals surface area contributed by atoms with Gasteiger partial charge in [-0.3, -0.25) is 0 Å². The number of hydrogen-bond donors (Lipinski definition) is 2. The van der Waals surface area contributed by atoms with Crippen molar-refractivity contribution in [2.24, 2.45) is 0 Å². The standard InChI is InChI=1S/C13H20F4N4/c1-4-6-9-20-10(18-5-2)8(3)11(21-9)19-7-13(16,17)12(14)15/h12H,4-7H2,1-3H3,(H2,18,19,20,21). The largest absolute Gasteiger partial charge is 0.370 e. The van der Waals surface area contributed by atoms with Gasteiger partial charge in [-0.15, -0.1) is 0 Å². The highest BCUT2D eigenvalue weighted by molar-refractivity contribution is 5.57. The van der Waals surface area contributed by atoms with Crippen molar-refractivity contribution in [3.05, 3.63) is 11.4 Å². The fourth-order valence-electron chi connectivity index (χ4n) is 1.69. The van der Waals surface area contributed by atoms with Crippen LogP contribution >= 0.6 is 0 Å². The van der Waals surface area contributed by atoms with E-state index in [1.807, 2.05) is 13.8 Å². The molecule has 120 valence electrons. The number of nitrogens with zero attached hydrogens (tertiary/aromatic N) is 2. The van der Waals surface area contributed by atoms with Crippen LogP contribution in [0.15, 0.2) is 0 Å². The minimum absolute atomic E-state index is 0.157. The van der Waals surface area contributed by atoms with Gasteiger partial charge >= 0.3 is 12.3 Å². The van der Waals surface area contributed by atoms with Crippen molar-refractivity contribution in [1.82, 2.24) is 9.97 Å². The molecule has 0 aliphatic carbocycles. The first-order valence-electron chi connectivity index (χ1n) is 6.83. The van der Waals surface area contributed by atoms with Gasteiger partial charge in [-0.05, 0) is 20.3 Å².